The summed E-state index contributed by atoms with van der Waals surface area (Å²) in [5.41, 5.74) is -1.30. The number of rotatable bonds is 5. The largest absolute Gasteiger partial charge is 0.458 e. The van der Waals surface area contributed by atoms with E-state index < -0.39 is 17.1 Å². The Morgan fingerprint density at radius 3 is 2.29 bits per heavy atom. The van der Waals surface area contributed by atoms with Gasteiger partial charge in [0.1, 0.15) is 11.1 Å². The Morgan fingerprint density at radius 2 is 1.83 bits per heavy atom. The molecule has 1 aliphatic rings. The number of hydrogen-bond acceptors (Lipinski definition) is 5. The summed E-state index contributed by atoms with van der Waals surface area (Å²) in [7, 11) is 1.57. The topological polar surface area (TPSA) is 75.7 Å². The molecule has 0 fully saturated rings. The molecule has 2 atom stereocenters. The number of ether oxygens (including phenoxy) is 1. The van der Waals surface area contributed by atoms with Gasteiger partial charge in [-0.25, -0.2) is 4.79 Å². The average Bonchev–Trinajstić information content (AvgIpc) is 2.71. The first-order chi connectivity index (χ1) is 10.8. The fourth-order valence-corrected chi connectivity index (χ4v) is 3.95. The number of halogens is 1. The molecule has 136 valence electrons. The highest BCUT2D eigenvalue weighted by Gasteiger charge is 2.43. The van der Waals surface area contributed by atoms with E-state index in [9.17, 15) is 14.4 Å². The van der Waals surface area contributed by atoms with Crippen LogP contribution in [0.25, 0.3) is 0 Å². The number of hydrogen-bond donors (Lipinski definition) is 1. The summed E-state index contributed by atoms with van der Waals surface area (Å²) in [6.07, 6.45) is 0.548. The van der Waals surface area contributed by atoms with E-state index in [0.717, 1.165) is 0 Å². The highest BCUT2D eigenvalue weighted by Crippen LogP contribution is 2.44. The summed E-state index contributed by atoms with van der Waals surface area (Å²) in [5.74, 6) is -0.899. The van der Waals surface area contributed by atoms with Crippen LogP contribution in [0, 0.1) is 5.92 Å². The van der Waals surface area contributed by atoms with Gasteiger partial charge < -0.3 is 15.0 Å². The molecule has 0 aliphatic carbocycles. The maximum absolute atomic E-state index is 13.0. The maximum Gasteiger partial charge on any atom is 0.331 e. The predicted molar refractivity (Wildman–Crippen MR) is 98.4 cm³/mol. The minimum absolute atomic E-state index is 0.0167. The quantitative estimate of drug-likeness (QED) is 0.420. The first kappa shape index (κ1) is 21.0. The molecule has 6 nitrogen and oxygen atoms in total. The summed E-state index contributed by atoms with van der Waals surface area (Å²) >= 11 is 4.87. The first-order valence-electron chi connectivity index (χ1n) is 7.59. The van der Waals surface area contributed by atoms with Crippen LogP contribution >= 0.6 is 27.7 Å². The lowest BCUT2D eigenvalue weighted by Gasteiger charge is -2.36. The molecule has 1 rings (SSSR count). The molecule has 0 radical (unpaired) electrons. The van der Waals surface area contributed by atoms with Crippen molar-refractivity contribution in [1.29, 1.82) is 0 Å². The van der Waals surface area contributed by atoms with Crippen molar-refractivity contribution in [3.05, 3.63) is 10.6 Å². The third-order valence-electron chi connectivity index (χ3n) is 3.79. The van der Waals surface area contributed by atoms with E-state index in [-0.39, 0.29) is 16.0 Å². The van der Waals surface area contributed by atoms with Gasteiger partial charge in [0.2, 0.25) is 6.41 Å². The van der Waals surface area contributed by atoms with E-state index >= 15 is 0 Å². The van der Waals surface area contributed by atoms with Crippen molar-refractivity contribution < 1.29 is 19.1 Å². The second kappa shape index (κ2) is 7.47. The lowest BCUT2D eigenvalue weighted by Crippen LogP contribution is -2.53. The molecule has 1 N–H and O–H groups in total. The zero-order valence-electron chi connectivity index (χ0n) is 15.1. The minimum Gasteiger partial charge on any atom is -0.458 e. The molecule has 2 amide bonds. The number of carbonyl (C=O) groups excluding carboxylic acids is 3. The molecule has 0 bridgehead atoms. The number of nitrogens with one attached hydrogen (secondary N) is 1. The van der Waals surface area contributed by atoms with Crippen LogP contribution in [-0.4, -0.2) is 45.5 Å². The summed E-state index contributed by atoms with van der Waals surface area (Å²) in [6, 6.07) is 0. The Balaban J connectivity index is 3.10. The monoisotopic (exact) mass is 420 g/mol. The van der Waals surface area contributed by atoms with Gasteiger partial charge >= 0.3 is 5.97 Å². The van der Waals surface area contributed by atoms with Gasteiger partial charge in [-0.05, 0) is 34.6 Å². The second-order valence-corrected chi connectivity index (χ2v) is 9.93. The highest BCUT2D eigenvalue weighted by molar-refractivity contribution is 9.11. The molecule has 0 saturated heterocycles. The predicted octanol–water partition coefficient (Wildman–Crippen LogP) is 2.63. The third-order valence-corrected chi connectivity index (χ3v) is 6.35. The minimum atomic E-state index is -1.14. The second-order valence-electron chi connectivity index (χ2n) is 7.19. The smallest absolute Gasteiger partial charge is 0.331 e. The molecule has 0 aromatic heterocycles. The molecular formula is C16H25BrN2O4S. The number of carbonyl (C=O) groups is 3. The summed E-state index contributed by atoms with van der Waals surface area (Å²) in [4.78, 5) is 37.6. The Kier molecular flexibility index (Phi) is 6.55. The fourth-order valence-electron chi connectivity index (χ4n) is 2.05. The summed E-state index contributed by atoms with van der Waals surface area (Å²) in [5, 5.41) is 3.09. The van der Waals surface area contributed by atoms with Gasteiger partial charge in [-0.3, -0.25) is 9.59 Å². The van der Waals surface area contributed by atoms with E-state index in [1.54, 1.807) is 41.7 Å². The van der Waals surface area contributed by atoms with Gasteiger partial charge in [0, 0.05) is 13.0 Å². The summed E-state index contributed by atoms with van der Waals surface area (Å²) < 4.78 is 5.41. The Labute approximate surface area is 155 Å². The average molecular weight is 421 g/mol. The van der Waals surface area contributed by atoms with E-state index in [2.05, 4.69) is 21.2 Å². The van der Waals surface area contributed by atoms with Crippen LogP contribution < -0.4 is 5.32 Å². The van der Waals surface area contributed by atoms with Crippen LogP contribution in [0.1, 0.15) is 41.5 Å². The van der Waals surface area contributed by atoms with Crippen LogP contribution in [-0.2, 0) is 19.1 Å². The van der Waals surface area contributed by atoms with E-state index in [4.69, 9.17) is 4.74 Å². The highest BCUT2D eigenvalue weighted by atomic mass is 79.9. The number of amides is 2. The maximum atomic E-state index is 13.0. The van der Waals surface area contributed by atoms with Crippen molar-refractivity contribution >= 4 is 46.0 Å². The van der Waals surface area contributed by atoms with Crippen molar-refractivity contribution in [3.63, 3.8) is 0 Å². The number of likely N-dealkylation sites (N-methyl/N-ethyl adjacent to an activating group) is 1. The van der Waals surface area contributed by atoms with Gasteiger partial charge in [-0.1, -0.05) is 34.6 Å². The van der Waals surface area contributed by atoms with Gasteiger partial charge in [-0.2, -0.15) is 0 Å². The Hall–Kier alpha value is -1.02. The van der Waals surface area contributed by atoms with Gasteiger partial charge in [0.15, 0.2) is 0 Å². The third kappa shape index (κ3) is 4.53. The van der Waals surface area contributed by atoms with Gasteiger partial charge in [0.05, 0.1) is 14.8 Å². The number of nitrogens with zero attached hydrogens (tertiary/aromatic N) is 1. The van der Waals surface area contributed by atoms with Crippen LogP contribution in [0.3, 0.4) is 0 Å². The zero-order valence-corrected chi connectivity index (χ0v) is 17.5. The fraction of sp³-hybridized carbons (Fsp3) is 0.688. The molecule has 2 unspecified atom stereocenters. The van der Waals surface area contributed by atoms with E-state index in [0.29, 0.717) is 17.0 Å². The number of esters is 1. The molecule has 0 aromatic rings. The van der Waals surface area contributed by atoms with Crippen molar-refractivity contribution in [2.45, 2.75) is 56.8 Å². The summed E-state index contributed by atoms with van der Waals surface area (Å²) in [6.45, 7) is 10.5. The Morgan fingerprint density at radius 1 is 1.29 bits per heavy atom. The lowest BCUT2D eigenvalue weighted by molar-refractivity contribution is -0.169. The van der Waals surface area contributed by atoms with Crippen molar-refractivity contribution in [2.24, 2.45) is 5.92 Å². The molecule has 1 aliphatic heterocycles. The van der Waals surface area contributed by atoms with E-state index in [1.807, 2.05) is 6.92 Å². The normalized spacial score (nSPS) is 21.5. The van der Waals surface area contributed by atoms with Gasteiger partial charge in [0.25, 0.3) is 5.91 Å². The van der Waals surface area contributed by atoms with Crippen LogP contribution in [0.4, 0.5) is 0 Å². The Bertz CT molecular complexity index is 569. The standard InChI is InChI=1S/C16H25BrN2O4S/c1-9-10(12(18-8-20)24-11(9)17)13(21)19(7)16(5,6)14(22)23-15(2,3)4/h8-9,11H,1-7H3,(H,18,20). The van der Waals surface area contributed by atoms with Crippen molar-refractivity contribution in [3.8, 4) is 0 Å². The van der Waals surface area contributed by atoms with Crippen molar-refractivity contribution in [1.82, 2.24) is 10.2 Å². The molecule has 0 spiro atoms. The van der Waals surface area contributed by atoms with Crippen LogP contribution in [0.2, 0.25) is 0 Å². The molecule has 0 aromatic carbocycles. The van der Waals surface area contributed by atoms with Crippen molar-refractivity contribution in [2.75, 3.05) is 7.05 Å². The SMILES string of the molecule is CC1C(C(=O)N(C)C(C)(C)C(=O)OC(C)(C)C)=C(NC=O)SC1Br. The molecule has 8 heteroatoms. The van der Waals surface area contributed by atoms with E-state index in [1.165, 1.54) is 16.7 Å². The molecular weight excluding hydrogens is 396 g/mol. The number of thioether (sulfide) groups is 1. The van der Waals surface area contributed by atoms with Gasteiger partial charge in [-0.15, -0.1) is 0 Å². The zero-order chi connectivity index (χ0) is 18.9. The number of alkyl halides is 1. The lowest BCUT2D eigenvalue weighted by atomic mass is 9.98. The molecule has 1 heterocycles. The molecule has 24 heavy (non-hydrogen) atoms. The molecule has 0 saturated carbocycles. The van der Waals surface area contributed by atoms with Crippen LogP contribution in [0.15, 0.2) is 10.6 Å². The first-order valence-corrected chi connectivity index (χ1v) is 9.39. The van der Waals surface area contributed by atoms with Crippen LogP contribution in [0.5, 0.6) is 0 Å².